The largest absolute Gasteiger partial charge is 0.370 e. The molecule has 46 valence electrons. The lowest BCUT2D eigenvalue weighted by atomic mass is 10.1. The van der Waals surface area contributed by atoms with Gasteiger partial charge in [-0.05, 0) is 5.92 Å². The Morgan fingerprint density at radius 1 is 2.00 bits per heavy atom. The first-order chi connectivity index (χ1) is 3.66. The Balaban J connectivity index is 3.38. The lowest BCUT2D eigenvalue weighted by Crippen LogP contribution is -2.13. The second-order valence-corrected chi connectivity index (χ2v) is 1.88. The molecule has 0 bridgehead atoms. The number of rotatable bonds is 3. The molecule has 2 N–H and O–H groups in total. The number of hydrogen-bond acceptors (Lipinski definition) is 1. The quantitative estimate of drug-likeness (QED) is 0.537. The molecule has 0 rings (SSSR count). The van der Waals surface area contributed by atoms with Gasteiger partial charge in [0.15, 0.2) is 0 Å². The third kappa shape index (κ3) is 3.40. The maximum Gasteiger partial charge on any atom is 0.217 e. The highest BCUT2D eigenvalue weighted by Crippen LogP contribution is 1.99. The Morgan fingerprint density at radius 2 is 2.50 bits per heavy atom. The Morgan fingerprint density at radius 3 is 2.62 bits per heavy atom. The minimum atomic E-state index is -0.266. The SMILES string of the molecule is C=CC(C)CC(N)=O. The molecule has 0 fully saturated rings. The smallest absolute Gasteiger partial charge is 0.217 e. The van der Waals surface area contributed by atoms with Crippen LogP contribution in [0.2, 0.25) is 0 Å². The van der Waals surface area contributed by atoms with Crippen molar-refractivity contribution in [3.8, 4) is 0 Å². The van der Waals surface area contributed by atoms with E-state index in [0.29, 0.717) is 6.42 Å². The van der Waals surface area contributed by atoms with E-state index in [0.717, 1.165) is 0 Å². The fraction of sp³-hybridized carbons (Fsp3) is 0.500. The monoisotopic (exact) mass is 113 g/mol. The Labute approximate surface area is 49.4 Å². The predicted molar refractivity (Wildman–Crippen MR) is 33.2 cm³/mol. The summed E-state index contributed by atoms with van der Waals surface area (Å²) in [5, 5.41) is 0. The van der Waals surface area contributed by atoms with E-state index in [9.17, 15) is 4.79 Å². The van der Waals surface area contributed by atoms with Crippen molar-refractivity contribution in [2.45, 2.75) is 13.3 Å². The third-order valence-electron chi connectivity index (χ3n) is 0.926. The van der Waals surface area contributed by atoms with Crippen molar-refractivity contribution in [1.82, 2.24) is 0 Å². The van der Waals surface area contributed by atoms with Crippen molar-refractivity contribution in [3.05, 3.63) is 12.7 Å². The van der Waals surface area contributed by atoms with Gasteiger partial charge in [-0.2, -0.15) is 0 Å². The van der Waals surface area contributed by atoms with E-state index in [1.165, 1.54) is 0 Å². The van der Waals surface area contributed by atoms with E-state index in [2.05, 4.69) is 6.58 Å². The van der Waals surface area contributed by atoms with Crippen LogP contribution in [0.4, 0.5) is 0 Å². The van der Waals surface area contributed by atoms with E-state index in [1.807, 2.05) is 6.92 Å². The first kappa shape index (κ1) is 7.21. The molecule has 0 saturated heterocycles. The molecule has 0 aromatic carbocycles. The molecule has 1 unspecified atom stereocenters. The molecule has 0 spiro atoms. The number of carbonyl (C=O) groups excluding carboxylic acids is 1. The molecular weight excluding hydrogens is 102 g/mol. The number of nitrogens with two attached hydrogens (primary N) is 1. The molecule has 0 aliphatic carbocycles. The van der Waals surface area contributed by atoms with Crippen molar-refractivity contribution < 1.29 is 4.79 Å². The van der Waals surface area contributed by atoms with Gasteiger partial charge in [0.05, 0.1) is 0 Å². The van der Waals surface area contributed by atoms with Gasteiger partial charge in [-0.3, -0.25) is 4.79 Å². The zero-order valence-electron chi connectivity index (χ0n) is 5.05. The fourth-order valence-electron chi connectivity index (χ4n) is 0.401. The summed E-state index contributed by atoms with van der Waals surface area (Å²) in [7, 11) is 0. The summed E-state index contributed by atoms with van der Waals surface area (Å²) in [6.45, 7) is 5.41. The van der Waals surface area contributed by atoms with Crippen LogP contribution >= 0.6 is 0 Å². The van der Waals surface area contributed by atoms with Crippen molar-refractivity contribution >= 4 is 5.91 Å². The van der Waals surface area contributed by atoms with Gasteiger partial charge in [0.25, 0.3) is 0 Å². The molecule has 8 heavy (non-hydrogen) atoms. The van der Waals surface area contributed by atoms with Crippen LogP contribution in [0, 0.1) is 5.92 Å². The molecule has 0 aromatic heterocycles. The molecular formula is C6H11NO. The standard InChI is InChI=1S/C6H11NO/c1-3-5(2)4-6(7)8/h3,5H,1,4H2,2H3,(H2,7,8). The minimum absolute atomic E-state index is 0.215. The molecule has 0 aliphatic heterocycles. The van der Waals surface area contributed by atoms with Crippen LogP contribution in [0.25, 0.3) is 0 Å². The van der Waals surface area contributed by atoms with Crippen molar-refractivity contribution in [3.63, 3.8) is 0 Å². The molecule has 1 atom stereocenters. The van der Waals surface area contributed by atoms with Gasteiger partial charge in [-0.25, -0.2) is 0 Å². The molecule has 0 heterocycles. The zero-order chi connectivity index (χ0) is 6.57. The summed E-state index contributed by atoms with van der Waals surface area (Å²) >= 11 is 0. The average molecular weight is 113 g/mol. The summed E-state index contributed by atoms with van der Waals surface area (Å²) in [6, 6.07) is 0. The van der Waals surface area contributed by atoms with Crippen LogP contribution < -0.4 is 5.73 Å². The van der Waals surface area contributed by atoms with Gasteiger partial charge < -0.3 is 5.73 Å². The lowest BCUT2D eigenvalue weighted by Gasteiger charge is -1.97. The van der Waals surface area contributed by atoms with E-state index in [1.54, 1.807) is 6.08 Å². The Bertz CT molecular complexity index is 98.7. The fourth-order valence-corrected chi connectivity index (χ4v) is 0.401. The van der Waals surface area contributed by atoms with Gasteiger partial charge in [0.1, 0.15) is 0 Å². The number of allylic oxidation sites excluding steroid dienone is 1. The summed E-state index contributed by atoms with van der Waals surface area (Å²) in [5.74, 6) is -0.0510. The number of hydrogen-bond donors (Lipinski definition) is 1. The number of primary amides is 1. The van der Waals surface area contributed by atoms with Crippen LogP contribution in [0.15, 0.2) is 12.7 Å². The molecule has 0 aromatic rings. The van der Waals surface area contributed by atoms with E-state index in [-0.39, 0.29) is 11.8 Å². The van der Waals surface area contributed by atoms with Crippen LogP contribution in [-0.4, -0.2) is 5.91 Å². The van der Waals surface area contributed by atoms with E-state index in [4.69, 9.17) is 5.73 Å². The topological polar surface area (TPSA) is 43.1 Å². The second kappa shape index (κ2) is 3.24. The normalized spacial score (nSPS) is 12.6. The molecule has 0 radical (unpaired) electrons. The van der Waals surface area contributed by atoms with Crippen molar-refractivity contribution in [2.75, 3.05) is 0 Å². The molecule has 0 aliphatic rings. The van der Waals surface area contributed by atoms with Gasteiger partial charge in [0.2, 0.25) is 5.91 Å². The Hall–Kier alpha value is -0.790. The zero-order valence-corrected chi connectivity index (χ0v) is 5.05. The maximum atomic E-state index is 10.1. The number of amides is 1. The highest BCUT2D eigenvalue weighted by atomic mass is 16.1. The summed E-state index contributed by atoms with van der Waals surface area (Å²) in [4.78, 5) is 10.1. The predicted octanol–water partition coefficient (Wildman–Crippen LogP) is 0.684. The first-order valence-corrected chi connectivity index (χ1v) is 2.57. The third-order valence-corrected chi connectivity index (χ3v) is 0.926. The van der Waals surface area contributed by atoms with Crippen LogP contribution in [0.3, 0.4) is 0 Å². The van der Waals surface area contributed by atoms with Crippen molar-refractivity contribution in [2.24, 2.45) is 11.7 Å². The molecule has 2 nitrogen and oxygen atoms in total. The average Bonchev–Trinajstić information content (AvgIpc) is 1.65. The highest BCUT2D eigenvalue weighted by molar-refractivity contribution is 5.74. The molecule has 0 saturated carbocycles. The number of carbonyl (C=O) groups is 1. The van der Waals surface area contributed by atoms with Crippen LogP contribution in [0.1, 0.15) is 13.3 Å². The maximum absolute atomic E-state index is 10.1. The highest BCUT2D eigenvalue weighted by Gasteiger charge is 1.98. The first-order valence-electron chi connectivity index (χ1n) is 2.57. The lowest BCUT2D eigenvalue weighted by molar-refractivity contribution is -0.118. The Kier molecular flexibility index (Phi) is 2.92. The van der Waals surface area contributed by atoms with Crippen LogP contribution in [-0.2, 0) is 4.79 Å². The second-order valence-electron chi connectivity index (χ2n) is 1.88. The van der Waals surface area contributed by atoms with Crippen LogP contribution in [0.5, 0.6) is 0 Å². The summed E-state index contributed by atoms with van der Waals surface area (Å²) < 4.78 is 0. The van der Waals surface area contributed by atoms with Gasteiger partial charge >= 0.3 is 0 Å². The van der Waals surface area contributed by atoms with Crippen molar-refractivity contribution in [1.29, 1.82) is 0 Å². The van der Waals surface area contributed by atoms with E-state index >= 15 is 0 Å². The minimum Gasteiger partial charge on any atom is -0.370 e. The van der Waals surface area contributed by atoms with Gasteiger partial charge in [-0.1, -0.05) is 13.0 Å². The summed E-state index contributed by atoms with van der Waals surface area (Å²) in [5.41, 5.74) is 4.88. The van der Waals surface area contributed by atoms with Gasteiger partial charge in [-0.15, -0.1) is 6.58 Å². The van der Waals surface area contributed by atoms with E-state index < -0.39 is 0 Å². The molecule has 1 amide bonds. The molecule has 2 heteroatoms. The van der Waals surface area contributed by atoms with Gasteiger partial charge in [0, 0.05) is 6.42 Å². The summed E-state index contributed by atoms with van der Waals surface area (Å²) in [6.07, 6.45) is 2.12.